The Labute approximate surface area is 662 Å². The summed E-state index contributed by atoms with van der Waals surface area (Å²) in [7, 11) is -9.83. The molecule has 4 N–H and O–H groups in total. The molecular formula is C91H150O16P2. The molecule has 0 fully saturated rings. The lowest BCUT2D eigenvalue weighted by Gasteiger charge is -2.21. The molecule has 0 aromatic carbocycles. The summed E-state index contributed by atoms with van der Waals surface area (Å²) in [5.74, 6) is -1.67. The van der Waals surface area contributed by atoms with E-state index in [1.165, 1.54) is 103 Å². The molecule has 5 unspecified atom stereocenters. The van der Waals surface area contributed by atoms with Crippen LogP contribution in [0.3, 0.4) is 0 Å². The van der Waals surface area contributed by atoms with E-state index in [2.05, 4.69) is 191 Å². The minimum absolute atomic E-state index is 0.0156. The number of rotatable bonds is 78. The molecule has 0 radical (unpaired) electrons. The quantitative estimate of drug-likeness (QED) is 0.0146. The molecule has 0 amide bonds. The number of aliphatic hydroxyl groups is 2. The summed E-state index contributed by atoms with van der Waals surface area (Å²) in [6, 6.07) is 0. The van der Waals surface area contributed by atoms with Gasteiger partial charge in [0, 0.05) is 19.3 Å². The molecule has 0 rings (SSSR count). The number of ether oxygens (including phenoxy) is 3. The molecule has 0 saturated carbocycles. The van der Waals surface area contributed by atoms with Crippen molar-refractivity contribution in [1.82, 2.24) is 0 Å². The molecule has 18 heteroatoms. The van der Waals surface area contributed by atoms with Crippen LogP contribution in [-0.4, -0.2) is 95.9 Å². The third kappa shape index (κ3) is 83.4. The summed E-state index contributed by atoms with van der Waals surface area (Å²) in [4.78, 5) is 58.7. The Balaban J connectivity index is 4.50. The Bertz CT molecular complexity index is 2710. The maximum absolute atomic E-state index is 13.0. The Kier molecular flexibility index (Phi) is 78.1. The van der Waals surface area contributed by atoms with Crippen LogP contribution in [0.15, 0.2) is 182 Å². The van der Waals surface area contributed by atoms with Crippen molar-refractivity contribution >= 4 is 33.6 Å². The molecule has 0 aliphatic heterocycles. The van der Waals surface area contributed by atoms with Crippen LogP contribution in [-0.2, 0) is 55.8 Å². The molecule has 0 bridgehead atoms. The second-order valence-corrected chi connectivity index (χ2v) is 30.4. The number of unbranched alkanes of at least 4 members (excludes halogenated alkanes) is 25. The van der Waals surface area contributed by atoms with Crippen molar-refractivity contribution in [2.45, 2.75) is 334 Å². The van der Waals surface area contributed by atoms with E-state index < -0.39 is 91.5 Å². The van der Waals surface area contributed by atoms with Gasteiger partial charge in [-0.05, 0) is 148 Å². The fourth-order valence-corrected chi connectivity index (χ4v) is 12.4. The number of phosphoric acid groups is 2. The molecule has 0 aliphatic rings. The van der Waals surface area contributed by atoms with Crippen molar-refractivity contribution in [2.75, 3.05) is 39.6 Å². The van der Waals surface area contributed by atoms with E-state index in [-0.39, 0.29) is 19.3 Å². The number of carbonyl (C=O) groups is 3. The van der Waals surface area contributed by atoms with Gasteiger partial charge in [-0.3, -0.25) is 32.5 Å². The van der Waals surface area contributed by atoms with Crippen LogP contribution in [0.5, 0.6) is 0 Å². The third-order valence-electron chi connectivity index (χ3n) is 17.1. The Hall–Kier alpha value is -5.35. The van der Waals surface area contributed by atoms with E-state index >= 15 is 0 Å². The van der Waals surface area contributed by atoms with Crippen LogP contribution in [0.1, 0.15) is 316 Å². The molecule has 0 aromatic rings. The molecule has 620 valence electrons. The molecule has 0 saturated heterocycles. The second kappa shape index (κ2) is 82.1. The molecule has 0 heterocycles. The molecule has 5 atom stereocenters. The van der Waals surface area contributed by atoms with E-state index in [1.807, 2.05) is 12.2 Å². The van der Waals surface area contributed by atoms with Gasteiger partial charge in [0.15, 0.2) is 6.10 Å². The Morgan fingerprint density at radius 2 is 0.468 bits per heavy atom. The van der Waals surface area contributed by atoms with Gasteiger partial charge in [-0.1, -0.05) is 331 Å². The molecule has 0 spiro atoms. The van der Waals surface area contributed by atoms with E-state index in [4.69, 9.17) is 32.3 Å². The van der Waals surface area contributed by atoms with Gasteiger partial charge in [0.1, 0.15) is 25.4 Å². The van der Waals surface area contributed by atoms with Crippen molar-refractivity contribution in [3.05, 3.63) is 182 Å². The largest absolute Gasteiger partial charge is 0.472 e. The first-order chi connectivity index (χ1) is 53.2. The predicted octanol–water partition coefficient (Wildman–Crippen LogP) is 25.3. The van der Waals surface area contributed by atoms with Crippen LogP contribution in [0, 0.1) is 0 Å². The Morgan fingerprint density at radius 3 is 0.752 bits per heavy atom. The minimum Gasteiger partial charge on any atom is -0.463 e. The summed E-state index contributed by atoms with van der Waals surface area (Å²) in [6.45, 7) is 2.25. The van der Waals surface area contributed by atoms with Crippen LogP contribution in [0.4, 0.5) is 0 Å². The highest BCUT2D eigenvalue weighted by atomic mass is 31.2. The van der Waals surface area contributed by atoms with Gasteiger partial charge < -0.3 is 34.2 Å². The predicted molar refractivity (Wildman–Crippen MR) is 454 cm³/mol. The van der Waals surface area contributed by atoms with Crippen molar-refractivity contribution in [3.8, 4) is 0 Å². The van der Waals surface area contributed by atoms with Gasteiger partial charge in [0.25, 0.3) is 0 Å². The van der Waals surface area contributed by atoms with Crippen LogP contribution < -0.4 is 0 Å². The summed E-state index contributed by atoms with van der Waals surface area (Å²) in [6.07, 6.45) is 107. The van der Waals surface area contributed by atoms with E-state index in [0.29, 0.717) is 25.7 Å². The van der Waals surface area contributed by atoms with E-state index in [1.54, 1.807) is 0 Å². The summed E-state index contributed by atoms with van der Waals surface area (Å²) >= 11 is 0. The number of carbonyl (C=O) groups excluding carboxylic acids is 3. The van der Waals surface area contributed by atoms with E-state index in [0.717, 1.165) is 148 Å². The van der Waals surface area contributed by atoms with E-state index in [9.17, 15) is 43.5 Å². The lowest BCUT2D eigenvalue weighted by atomic mass is 10.0. The number of aliphatic hydroxyl groups excluding tert-OH is 2. The summed E-state index contributed by atoms with van der Waals surface area (Å²) in [5.41, 5.74) is 0. The first-order valence-corrected chi connectivity index (χ1v) is 45.1. The van der Waals surface area contributed by atoms with Crippen LogP contribution in [0.2, 0.25) is 0 Å². The monoisotopic (exact) mass is 1560 g/mol. The zero-order valence-corrected chi connectivity index (χ0v) is 69.7. The standard InChI is InChI=1S/C91H150O16P2/c1-4-7-10-13-16-19-22-25-28-31-33-35-36-37-38-39-40-41-42-43-44-45-46-47-48-50-52-54-56-59-62-65-68-71-74-77-89(94)101-80-86(92)81-103-108(97,98)104-82-87(93)83-105-109(99,100)106-85-88(107-91(96)79-76-73-70-67-64-61-58-53-30-27-24-21-18-15-12-9-6-3)84-102-90(95)78-75-72-69-66-63-60-57-55-51-49-34-32-29-26-23-20-17-14-11-8-5-2/h7-12,16-21,25-30,33-35,37-38,49,55,57-58,61,67,70,86-88,92-93H,4-6,13-15,22-24,31-32,36,39-48,50-54,56,59-60,62-66,68-69,71-85H2,1-3H3,(H,97,98)(H,99,100)/b10-7-,11-8-,12-9-,19-16-,20-17-,21-18-,28-25-,29-26-,30-27-,35-33-,38-37-,49-34-,57-55-,61-58-,70-67-. The molecule has 0 aromatic heterocycles. The van der Waals surface area contributed by atoms with Crippen molar-refractivity contribution in [1.29, 1.82) is 0 Å². The van der Waals surface area contributed by atoms with Gasteiger partial charge in [0.2, 0.25) is 0 Å². The molecule has 109 heavy (non-hydrogen) atoms. The number of allylic oxidation sites excluding steroid dienone is 30. The highest BCUT2D eigenvalue weighted by molar-refractivity contribution is 7.47. The normalized spacial score (nSPS) is 14.8. The number of esters is 3. The summed E-state index contributed by atoms with van der Waals surface area (Å²) < 4.78 is 61.1. The van der Waals surface area contributed by atoms with Crippen LogP contribution in [0.25, 0.3) is 0 Å². The van der Waals surface area contributed by atoms with Gasteiger partial charge >= 0.3 is 33.6 Å². The first-order valence-electron chi connectivity index (χ1n) is 42.1. The zero-order valence-electron chi connectivity index (χ0n) is 67.9. The topological polar surface area (TPSA) is 231 Å². The molecular weight excluding hydrogens is 1410 g/mol. The molecule has 0 aliphatic carbocycles. The van der Waals surface area contributed by atoms with Crippen molar-refractivity contribution < 1.29 is 75.8 Å². The maximum atomic E-state index is 13.0. The summed E-state index contributed by atoms with van der Waals surface area (Å²) in [5, 5.41) is 20.7. The van der Waals surface area contributed by atoms with Gasteiger partial charge in [-0.25, -0.2) is 9.13 Å². The van der Waals surface area contributed by atoms with Crippen molar-refractivity contribution in [2.24, 2.45) is 0 Å². The fraction of sp³-hybridized carbons (Fsp3) is 0.637. The first kappa shape index (κ1) is 104. The SMILES string of the molecule is CC/C=C\C/C=C\C/C=C\C/C=C\C/C=C\CCCCCCCCCCCCCCCCCCCCCC(=O)OCC(O)COP(=O)(O)OCC(O)COP(=O)(O)OCC(COC(=O)CCCCCCC/C=C\C/C=C\C/C=C\C/C=C\C/C=C\CC)OC(=O)CCC/C=C\C/C=C\C/C=C\C/C=C\C/C=C\CC. The number of phosphoric ester groups is 2. The van der Waals surface area contributed by atoms with Gasteiger partial charge in [-0.2, -0.15) is 0 Å². The van der Waals surface area contributed by atoms with Crippen LogP contribution >= 0.6 is 15.6 Å². The second-order valence-electron chi connectivity index (χ2n) is 27.5. The lowest BCUT2D eigenvalue weighted by molar-refractivity contribution is -0.161. The average molecular weight is 1560 g/mol. The fourth-order valence-electron chi connectivity index (χ4n) is 10.8. The number of hydrogen-bond donors (Lipinski definition) is 4. The average Bonchev–Trinajstić information content (AvgIpc) is 0.912. The minimum atomic E-state index is -4.96. The van der Waals surface area contributed by atoms with Gasteiger partial charge in [-0.15, -0.1) is 0 Å². The smallest absolute Gasteiger partial charge is 0.463 e. The van der Waals surface area contributed by atoms with Gasteiger partial charge in [0.05, 0.1) is 26.4 Å². The third-order valence-corrected chi connectivity index (χ3v) is 19.0. The van der Waals surface area contributed by atoms with Crippen molar-refractivity contribution in [3.63, 3.8) is 0 Å². The maximum Gasteiger partial charge on any atom is 0.472 e. The highest BCUT2D eigenvalue weighted by Gasteiger charge is 2.29. The zero-order chi connectivity index (χ0) is 79.4. The highest BCUT2D eigenvalue weighted by Crippen LogP contribution is 2.45. The lowest BCUT2D eigenvalue weighted by Crippen LogP contribution is -2.30. The number of hydrogen-bond acceptors (Lipinski definition) is 14. The Morgan fingerprint density at radius 1 is 0.257 bits per heavy atom. The molecule has 16 nitrogen and oxygen atoms in total.